The highest BCUT2D eigenvalue weighted by atomic mass is 35.5. The van der Waals surface area contributed by atoms with E-state index in [0.29, 0.717) is 10.9 Å². The van der Waals surface area contributed by atoms with Crippen LogP contribution >= 0.6 is 11.6 Å². The van der Waals surface area contributed by atoms with Crippen LogP contribution in [-0.2, 0) is 10.2 Å². The van der Waals surface area contributed by atoms with Crippen LogP contribution in [0.15, 0.2) is 48.5 Å². The van der Waals surface area contributed by atoms with E-state index in [1.165, 1.54) is 5.56 Å². The molecule has 25 heavy (non-hydrogen) atoms. The molecule has 2 fully saturated rings. The van der Waals surface area contributed by atoms with E-state index in [0.717, 1.165) is 43.7 Å². The zero-order valence-corrected chi connectivity index (χ0v) is 15.1. The van der Waals surface area contributed by atoms with Gasteiger partial charge in [0.2, 0.25) is 5.91 Å². The van der Waals surface area contributed by atoms with E-state index in [4.69, 9.17) is 16.3 Å². The Kier molecular flexibility index (Phi) is 4.20. The van der Waals surface area contributed by atoms with Gasteiger partial charge in [-0.05, 0) is 54.7 Å². The van der Waals surface area contributed by atoms with Crippen molar-refractivity contribution in [1.82, 2.24) is 4.90 Å². The van der Waals surface area contributed by atoms with Gasteiger partial charge < -0.3 is 9.64 Å². The lowest BCUT2D eigenvalue weighted by Gasteiger charge is -2.24. The molecule has 130 valence electrons. The maximum Gasteiger partial charge on any atom is 0.233 e. The van der Waals surface area contributed by atoms with Crippen molar-refractivity contribution < 1.29 is 9.53 Å². The fraction of sp³-hybridized carbons (Fsp3) is 0.381. The highest BCUT2D eigenvalue weighted by Gasteiger charge is 2.53. The molecule has 3 nitrogen and oxygen atoms in total. The minimum absolute atomic E-state index is 0.269. The van der Waals surface area contributed by atoms with Gasteiger partial charge in [-0.15, -0.1) is 0 Å². The number of nitrogens with zero attached hydrogens (tertiary/aromatic N) is 1. The molecule has 1 aliphatic heterocycles. The summed E-state index contributed by atoms with van der Waals surface area (Å²) in [5, 5.41) is 0.703. The van der Waals surface area contributed by atoms with Gasteiger partial charge in [0, 0.05) is 24.0 Å². The molecule has 0 aromatic heterocycles. The number of ether oxygens (including phenoxy) is 1. The maximum atomic E-state index is 13.2. The summed E-state index contributed by atoms with van der Waals surface area (Å²) in [7, 11) is 1.68. The summed E-state index contributed by atoms with van der Waals surface area (Å²) in [6.45, 7) is 1.63. The molecule has 0 N–H and O–H groups in total. The number of carbonyl (C=O) groups excluding carboxylic acids is 1. The highest BCUT2D eigenvalue weighted by Crippen LogP contribution is 2.50. The van der Waals surface area contributed by atoms with E-state index in [9.17, 15) is 4.79 Å². The summed E-state index contributed by atoms with van der Waals surface area (Å²) in [5.74, 6) is 1.54. The smallest absolute Gasteiger partial charge is 0.233 e. The molecule has 1 saturated heterocycles. The van der Waals surface area contributed by atoms with Gasteiger partial charge in [0.25, 0.3) is 0 Å². The molecule has 1 amide bonds. The number of likely N-dealkylation sites (tertiary alicyclic amines) is 1. The number of carbonyl (C=O) groups is 1. The first-order valence-electron chi connectivity index (χ1n) is 8.82. The molecule has 4 rings (SSSR count). The first-order chi connectivity index (χ1) is 12.1. The van der Waals surface area contributed by atoms with Crippen molar-refractivity contribution in [2.24, 2.45) is 0 Å². The number of methoxy groups -OCH3 is 1. The summed E-state index contributed by atoms with van der Waals surface area (Å²) in [6.07, 6.45) is 2.87. The van der Waals surface area contributed by atoms with Crippen molar-refractivity contribution in [2.45, 2.75) is 30.6 Å². The van der Waals surface area contributed by atoms with Crippen molar-refractivity contribution in [3.8, 4) is 5.75 Å². The van der Waals surface area contributed by atoms with E-state index in [1.807, 2.05) is 41.3 Å². The molecule has 0 bridgehead atoms. The van der Waals surface area contributed by atoms with Crippen LogP contribution in [0.4, 0.5) is 0 Å². The van der Waals surface area contributed by atoms with E-state index < -0.39 is 0 Å². The fourth-order valence-electron chi connectivity index (χ4n) is 3.93. The number of amides is 1. The summed E-state index contributed by atoms with van der Waals surface area (Å²) >= 11 is 6.14. The van der Waals surface area contributed by atoms with Crippen molar-refractivity contribution in [1.29, 1.82) is 0 Å². The Bertz CT molecular complexity index is 783. The second kappa shape index (κ2) is 6.38. The van der Waals surface area contributed by atoms with Crippen molar-refractivity contribution >= 4 is 17.5 Å². The topological polar surface area (TPSA) is 29.5 Å². The Balaban J connectivity index is 1.48. The predicted molar refractivity (Wildman–Crippen MR) is 99.3 cm³/mol. The van der Waals surface area contributed by atoms with E-state index in [2.05, 4.69) is 12.1 Å². The summed E-state index contributed by atoms with van der Waals surface area (Å²) in [5.41, 5.74) is 2.02. The van der Waals surface area contributed by atoms with Crippen molar-refractivity contribution in [3.63, 3.8) is 0 Å². The number of halogens is 1. The molecular weight excluding hydrogens is 334 g/mol. The number of rotatable bonds is 4. The third-order valence-corrected chi connectivity index (χ3v) is 5.83. The maximum absolute atomic E-state index is 13.2. The molecule has 1 aliphatic carbocycles. The van der Waals surface area contributed by atoms with Crippen LogP contribution in [-0.4, -0.2) is 31.0 Å². The molecule has 2 aromatic rings. The Hall–Kier alpha value is -2.00. The van der Waals surface area contributed by atoms with Crippen LogP contribution in [0.2, 0.25) is 5.02 Å². The van der Waals surface area contributed by atoms with Crippen LogP contribution < -0.4 is 4.74 Å². The largest absolute Gasteiger partial charge is 0.497 e. The van der Waals surface area contributed by atoms with E-state index >= 15 is 0 Å². The second-order valence-electron chi connectivity index (χ2n) is 7.10. The minimum atomic E-state index is -0.334. The molecule has 1 unspecified atom stereocenters. The van der Waals surface area contributed by atoms with E-state index in [1.54, 1.807) is 7.11 Å². The quantitative estimate of drug-likeness (QED) is 0.813. The summed E-state index contributed by atoms with van der Waals surface area (Å²) in [6, 6.07) is 16.0. The van der Waals surface area contributed by atoms with Gasteiger partial charge >= 0.3 is 0 Å². The Morgan fingerprint density at radius 2 is 1.96 bits per heavy atom. The van der Waals surface area contributed by atoms with Crippen LogP contribution in [0.3, 0.4) is 0 Å². The van der Waals surface area contributed by atoms with Gasteiger partial charge in [-0.1, -0.05) is 35.9 Å². The van der Waals surface area contributed by atoms with Crippen LogP contribution in [0.25, 0.3) is 0 Å². The summed E-state index contributed by atoms with van der Waals surface area (Å²) < 4.78 is 5.23. The molecule has 1 heterocycles. The standard InChI is InChI=1S/C21H22ClNO2/c1-25-19-7-5-15(6-8-19)16-9-12-23(14-16)20(24)21(10-11-21)17-3-2-4-18(22)13-17/h2-8,13,16H,9-12,14H2,1H3. The Morgan fingerprint density at radius 3 is 2.60 bits per heavy atom. The van der Waals surface area contributed by atoms with Gasteiger partial charge in [0.1, 0.15) is 5.75 Å². The molecule has 4 heteroatoms. The van der Waals surface area contributed by atoms with Gasteiger partial charge in [-0.25, -0.2) is 0 Å². The minimum Gasteiger partial charge on any atom is -0.497 e. The monoisotopic (exact) mass is 355 g/mol. The highest BCUT2D eigenvalue weighted by molar-refractivity contribution is 6.30. The molecular formula is C21H22ClNO2. The number of hydrogen-bond donors (Lipinski definition) is 0. The third kappa shape index (κ3) is 3.02. The summed E-state index contributed by atoms with van der Waals surface area (Å²) in [4.78, 5) is 15.2. The SMILES string of the molecule is COc1ccc(C2CCN(C(=O)C3(c4cccc(Cl)c4)CC3)C2)cc1. The third-order valence-electron chi connectivity index (χ3n) is 5.60. The lowest BCUT2D eigenvalue weighted by Crippen LogP contribution is -2.37. The lowest BCUT2D eigenvalue weighted by molar-refractivity contribution is -0.132. The lowest BCUT2D eigenvalue weighted by atomic mass is 9.94. The van der Waals surface area contributed by atoms with Gasteiger partial charge in [0.05, 0.1) is 12.5 Å². The molecule has 0 radical (unpaired) electrons. The zero-order valence-electron chi connectivity index (χ0n) is 14.4. The first kappa shape index (κ1) is 16.5. The van der Waals surface area contributed by atoms with Gasteiger partial charge in [-0.3, -0.25) is 4.79 Å². The fourth-order valence-corrected chi connectivity index (χ4v) is 4.12. The Labute approximate surface area is 153 Å². The molecule has 0 spiro atoms. The van der Waals surface area contributed by atoms with E-state index in [-0.39, 0.29) is 11.3 Å². The number of hydrogen-bond acceptors (Lipinski definition) is 2. The molecule has 1 saturated carbocycles. The second-order valence-corrected chi connectivity index (χ2v) is 7.54. The van der Waals surface area contributed by atoms with Crippen molar-refractivity contribution in [3.05, 3.63) is 64.7 Å². The predicted octanol–water partition coefficient (Wildman–Crippen LogP) is 4.40. The van der Waals surface area contributed by atoms with Gasteiger partial charge in [0.15, 0.2) is 0 Å². The van der Waals surface area contributed by atoms with Crippen LogP contribution in [0.1, 0.15) is 36.3 Å². The number of benzene rings is 2. The average Bonchev–Trinajstić information content (AvgIpc) is 3.31. The van der Waals surface area contributed by atoms with Gasteiger partial charge in [-0.2, -0.15) is 0 Å². The van der Waals surface area contributed by atoms with Crippen molar-refractivity contribution in [2.75, 3.05) is 20.2 Å². The molecule has 1 atom stereocenters. The van der Waals surface area contributed by atoms with Crippen LogP contribution in [0, 0.1) is 0 Å². The van der Waals surface area contributed by atoms with Crippen LogP contribution in [0.5, 0.6) is 5.75 Å². The first-order valence-corrected chi connectivity index (χ1v) is 9.19. The normalized spacial score (nSPS) is 21.2. The molecule has 2 aliphatic rings. The Morgan fingerprint density at radius 1 is 1.20 bits per heavy atom. The molecule has 2 aromatic carbocycles. The zero-order chi connectivity index (χ0) is 17.4. The average molecular weight is 356 g/mol.